The summed E-state index contributed by atoms with van der Waals surface area (Å²) >= 11 is 0. The molecule has 1 aliphatic heterocycles. The molecule has 1 amide bonds. The number of aromatic nitrogens is 5. The number of rotatable bonds is 5. The monoisotopic (exact) mass is 382 g/mol. The normalized spacial score (nSPS) is 15.1. The summed E-state index contributed by atoms with van der Waals surface area (Å²) in [5.74, 6) is 1.30. The molecule has 146 valence electrons. The van der Waals surface area contributed by atoms with Crippen LogP contribution < -0.4 is 10.4 Å². The van der Waals surface area contributed by atoms with Crippen molar-refractivity contribution in [3.63, 3.8) is 0 Å². The van der Waals surface area contributed by atoms with Crippen LogP contribution in [0.2, 0.25) is 0 Å². The van der Waals surface area contributed by atoms with E-state index < -0.39 is 0 Å². The maximum absolute atomic E-state index is 12.6. The lowest BCUT2D eigenvalue weighted by Gasteiger charge is -2.31. The first-order valence-electron chi connectivity index (χ1n) is 9.42. The van der Waals surface area contributed by atoms with E-state index in [2.05, 4.69) is 20.2 Å². The van der Waals surface area contributed by atoms with Crippen LogP contribution in [0.4, 0.5) is 0 Å². The molecule has 3 heterocycles. The fourth-order valence-electron chi connectivity index (χ4n) is 3.65. The van der Waals surface area contributed by atoms with E-state index >= 15 is 0 Å². The molecule has 0 bridgehead atoms. The van der Waals surface area contributed by atoms with Gasteiger partial charge in [0.1, 0.15) is 12.2 Å². The van der Waals surface area contributed by atoms with Gasteiger partial charge in [-0.15, -0.1) is 0 Å². The van der Waals surface area contributed by atoms with Crippen molar-refractivity contribution >= 4 is 16.8 Å². The molecule has 0 saturated carbocycles. The molecular weight excluding hydrogens is 360 g/mol. The zero-order valence-electron chi connectivity index (χ0n) is 15.7. The van der Waals surface area contributed by atoms with Gasteiger partial charge in [-0.3, -0.25) is 9.36 Å². The van der Waals surface area contributed by atoms with Crippen molar-refractivity contribution in [2.24, 2.45) is 0 Å². The zero-order chi connectivity index (χ0) is 19.5. The SMILES string of the molecule is CCn1c(C2CCN(C(=O)COc3ncnc4ccccc34)CC2)n[nH]c1=O. The van der Waals surface area contributed by atoms with Gasteiger partial charge >= 0.3 is 5.69 Å². The average Bonchev–Trinajstić information content (AvgIpc) is 3.12. The smallest absolute Gasteiger partial charge is 0.343 e. The van der Waals surface area contributed by atoms with E-state index in [1.807, 2.05) is 31.2 Å². The van der Waals surface area contributed by atoms with E-state index in [-0.39, 0.29) is 24.1 Å². The predicted octanol–water partition coefficient (Wildman–Crippen LogP) is 1.32. The van der Waals surface area contributed by atoms with Crippen molar-refractivity contribution in [1.82, 2.24) is 29.6 Å². The van der Waals surface area contributed by atoms with Crippen molar-refractivity contribution in [3.05, 3.63) is 46.9 Å². The second-order valence-corrected chi connectivity index (χ2v) is 6.77. The van der Waals surface area contributed by atoms with Crippen LogP contribution in [0.5, 0.6) is 5.88 Å². The number of likely N-dealkylation sites (tertiary alicyclic amines) is 1. The number of carbonyl (C=O) groups is 1. The quantitative estimate of drug-likeness (QED) is 0.713. The highest BCUT2D eigenvalue weighted by Gasteiger charge is 2.27. The van der Waals surface area contributed by atoms with Crippen molar-refractivity contribution < 1.29 is 9.53 Å². The molecule has 3 aromatic rings. The van der Waals surface area contributed by atoms with E-state index in [0.29, 0.717) is 25.5 Å². The Morgan fingerprint density at radius 1 is 1.25 bits per heavy atom. The number of aromatic amines is 1. The lowest BCUT2D eigenvalue weighted by atomic mass is 9.96. The Balaban J connectivity index is 1.36. The summed E-state index contributed by atoms with van der Waals surface area (Å²) in [5.41, 5.74) is 0.600. The summed E-state index contributed by atoms with van der Waals surface area (Å²) in [4.78, 5) is 34.4. The molecule has 0 atom stereocenters. The van der Waals surface area contributed by atoms with Crippen LogP contribution in [0.15, 0.2) is 35.4 Å². The van der Waals surface area contributed by atoms with Gasteiger partial charge in [0.25, 0.3) is 5.91 Å². The molecular formula is C19H22N6O3. The second kappa shape index (κ2) is 7.79. The van der Waals surface area contributed by atoms with E-state index in [0.717, 1.165) is 29.6 Å². The molecule has 1 N–H and O–H groups in total. The minimum absolute atomic E-state index is 0.0618. The first kappa shape index (κ1) is 18.1. The highest BCUT2D eigenvalue weighted by atomic mass is 16.5. The Morgan fingerprint density at radius 2 is 2.04 bits per heavy atom. The van der Waals surface area contributed by atoms with Crippen molar-refractivity contribution in [2.75, 3.05) is 19.7 Å². The standard InChI is InChI=1S/C19H22N6O3/c1-2-25-17(22-23-19(25)27)13-7-9-24(10-8-13)16(26)11-28-18-14-5-3-4-6-15(14)20-12-21-18/h3-6,12-13H,2,7-11H2,1H3,(H,23,27). The number of nitrogens with zero attached hydrogens (tertiary/aromatic N) is 5. The fraction of sp³-hybridized carbons (Fsp3) is 0.421. The largest absolute Gasteiger partial charge is 0.467 e. The van der Waals surface area contributed by atoms with Crippen LogP contribution >= 0.6 is 0 Å². The van der Waals surface area contributed by atoms with Crippen molar-refractivity contribution in [3.8, 4) is 5.88 Å². The van der Waals surface area contributed by atoms with Crippen LogP contribution in [0, 0.1) is 0 Å². The van der Waals surface area contributed by atoms with Gasteiger partial charge in [0.2, 0.25) is 5.88 Å². The Hall–Kier alpha value is -3.23. The van der Waals surface area contributed by atoms with Gasteiger partial charge < -0.3 is 9.64 Å². The third-order valence-electron chi connectivity index (χ3n) is 5.16. The zero-order valence-corrected chi connectivity index (χ0v) is 15.7. The number of fused-ring (bicyclic) bond motifs is 1. The molecule has 0 unspecified atom stereocenters. The number of para-hydroxylation sites is 1. The van der Waals surface area contributed by atoms with Gasteiger partial charge in [-0.1, -0.05) is 12.1 Å². The van der Waals surface area contributed by atoms with Crippen molar-refractivity contribution in [2.45, 2.75) is 32.2 Å². The van der Waals surface area contributed by atoms with Crippen LogP contribution in [0.3, 0.4) is 0 Å². The minimum atomic E-state index is -0.179. The summed E-state index contributed by atoms with van der Waals surface area (Å²) < 4.78 is 7.34. The van der Waals surface area contributed by atoms with Gasteiger partial charge in [-0.05, 0) is 31.9 Å². The molecule has 2 aromatic heterocycles. The maximum Gasteiger partial charge on any atom is 0.343 e. The molecule has 4 rings (SSSR count). The summed E-state index contributed by atoms with van der Waals surface area (Å²) in [6, 6.07) is 7.53. The number of hydrogen-bond donors (Lipinski definition) is 1. The lowest BCUT2D eigenvalue weighted by Crippen LogP contribution is -2.41. The average molecular weight is 382 g/mol. The summed E-state index contributed by atoms with van der Waals surface area (Å²) in [6.45, 7) is 3.68. The number of piperidine rings is 1. The summed E-state index contributed by atoms with van der Waals surface area (Å²) in [7, 11) is 0. The number of benzene rings is 1. The van der Waals surface area contributed by atoms with E-state index in [1.165, 1.54) is 6.33 Å². The molecule has 0 aliphatic carbocycles. The number of carbonyl (C=O) groups excluding carboxylic acids is 1. The van der Waals surface area contributed by atoms with Crippen LogP contribution in [-0.2, 0) is 11.3 Å². The summed E-state index contributed by atoms with van der Waals surface area (Å²) in [5, 5.41) is 7.47. The number of ether oxygens (including phenoxy) is 1. The Labute approximate surface area is 161 Å². The molecule has 0 spiro atoms. The highest BCUT2D eigenvalue weighted by Crippen LogP contribution is 2.26. The molecule has 1 saturated heterocycles. The number of nitrogens with one attached hydrogen (secondary N) is 1. The molecule has 1 aromatic carbocycles. The first-order chi connectivity index (χ1) is 13.7. The third-order valence-corrected chi connectivity index (χ3v) is 5.16. The van der Waals surface area contributed by atoms with Gasteiger partial charge in [0.05, 0.1) is 10.9 Å². The van der Waals surface area contributed by atoms with E-state index in [4.69, 9.17) is 4.74 Å². The Bertz CT molecular complexity index is 1030. The number of amides is 1. The molecule has 28 heavy (non-hydrogen) atoms. The van der Waals surface area contributed by atoms with Gasteiger partial charge in [-0.25, -0.2) is 19.9 Å². The lowest BCUT2D eigenvalue weighted by molar-refractivity contribution is -0.134. The van der Waals surface area contributed by atoms with Gasteiger partial charge in [0.15, 0.2) is 6.61 Å². The maximum atomic E-state index is 12.6. The molecule has 9 nitrogen and oxygen atoms in total. The molecule has 1 aliphatic rings. The van der Waals surface area contributed by atoms with Crippen LogP contribution in [-0.4, -0.2) is 55.2 Å². The molecule has 1 fully saturated rings. The van der Waals surface area contributed by atoms with Gasteiger partial charge in [0, 0.05) is 25.6 Å². The Morgan fingerprint density at radius 3 is 2.82 bits per heavy atom. The molecule has 9 heteroatoms. The molecule has 0 radical (unpaired) electrons. The number of H-pyrrole nitrogens is 1. The van der Waals surface area contributed by atoms with E-state index in [9.17, 15) is 9.59 Å². The van der Waals surface area contributed by atoms with E-state index in [1.54, 1.807) is 9.47 Å². The van der Waals surface area contributed by atoms with Crippen LogP contribution in [0.1, 0.15) is 31.5 Å². The first-order valence-corrected chi connectivity index (χ1v) is 9.42. The third kappa shape index (κ3) is 3.47. The van der Waals surface area contributed by atoms with Crippen LogP contribution in [0.25, 0.3) is 10.9 Å². The highest BCUT2D eigenvalue weighted by molar-refractivity contribution is 5.84. The van der Waals surface area contributed by atoms with Gasteiger partial charge in [-0.2, -0.15) is 5.10 Å². The topological polar surface area (TPSA) is 106 Å². The minimum Gasteiger partial charge on any atom is -0.467 e. The van der Waals surface area contributed by atoms with Crippen molar-refractivity contribution in [1.29, 1.82) is 0 Å². The number of hydrogen-bond acceptors (Lipinski definition) is 6. The second-order valence-electron chi connectivity index (χ2n) is 6.77. The Kier molecular flexibility index (Phi) is 5.05. The summed E-state index contributed by atoms with van der Waals surface area (Å²) in [6.07, 6.45) is 2.98. The fourth-order valence-corrected chi connectivity index (χ4v) is 3.65. The predicted molar refractivity (Wildman–Crippen MR) is 102 cm³/mol.